The van der Waals surface area contributed by atoms with E-state index < -0.39 is 22.2 Å². The Balaban J connectivity index is 2.21. The van der Waals surface area contributed by atoms with E-state index in [1.54, 1.807) is 0 Å². The van der Waals surface area contributed by atoms with Crippen molar-refractivity contribution in [3.05, 3.63) is 33.9 Å². The Bertz CT molecular complexity index is 500. The van der Waals surface area contributed by atoms with Gasteiger partial charge in [-0.1, -0.05) is 19.8 Å². The zero-order valence-electron chi connectivity index (χ0n) is 10.7. The molecular formula is C13H16F2N2O2. The average molecular weight is 270 g/mol. The van der Waals surface area contributed by atoms with Crippen molar-refractivity contribution >= 4 is 11.4 Å². The van der Waals surface area contributed by atoms with Crippen LogP contribution >= 0.6 is 0 Å². The molecule has 0 heterocycles. The lowest BCUT2D eigenvalue weighted by molar-refractivity contribution is -0.386. The molecule has 0 spiro atoms. The summed E-state index contributed by atoms with van der Waals surface area (Å²) in [7, 11) is 0. The first-order valence-corrected chi connectivity index (χ1v) is 6.29. The summed E-state index contributed by atoms with van der Waals surface area (Å²) in [6, 6.07) is 1.50. The summed E-state index contributed by atoms with van der Waals surface area (Å²) < 4.78 is 26.6. The quantitative estimate of drug-likeness (QED) is 0.667. The molecule has 4 nitrogen and oxygen atoms in total. The zero-order valence-corrected chi connectivity index (χ0v) is 10.7. The molecule has 6 heteroatoms. The lowest BCUT2D eigenvalue weighted by Gasteiger charge is -2.24. The van der Waals surface area contributed by atoms with Crippen LogP contribution in [0, 0.1) is 27.2 Å². The molecule has 0 unspecified atom stereocenters. The number of halogens is 2. The van der Waals surface area contributed by atoms with Gasteiger partial charge in [0, 0.05) is 18.7 Å². The predicted octanol–water partition coefficient (Wildman–Crippen LogP) is 3.87. The summed E-state index contributed by atoms with van der Waals surface area (Å²) >= 11 is 0. The second-order valence-corrected chi connectivity index (χ2v) is 5.41. The number of benzene rings is 1. The van der Waals surface area contributed by atoms with Crippen LogP contribution in [0.4, 0.5) is 20.2 Å². The molecule has 1 aromatic carbocycles. The molecule has 1 aliphatic carbocycles. The fourth-order valence-electron chi connectivity index (χ4n) is 2.60. The predicted molar refractivity (Wildman–Crippen MR) is 68.1 cm³/mol. The largest absolute Gasteiger partial charge is 0.379 e. The van der Waals surface area contributed by atoms with Gasteiger partial charge in [-0.3, -0.25) is 10.1 Å². The van der Waals surface area contributed by atoms with E-state index in [2.05, 4.69) is 12.2 Å². The summed E-state index contributed by atoms with van der Waals surface area (Å²) in [5.41, 5.74) is -0.741. The van der Waals surface area contributed by atoms with Gasteiger partial charge in [0.2, 0.25) is 5.82 Å². The highest BCUT2D eigenvalue weighted by atomic mass is 19.1. The van der Waals surface area contributed by atoms with Gasteiger partial charge in [-0.15, -0.1) is 0 Å². The molecular weight excluding hydrogens is 254 g/mol. The normalized spacial score (nSPS) is 17.4. The third kappa shape index (κ3) is 3.00. The third-order valence-corrected chi connectivity index (χ3v) is 3.73. The number of nitrogens with one attached hydrogen (secondary N) is 1. The highest BCUT2D eigenvalue weighted by Gasteiger charge is 2.30. The molecule has 104 valence electrons. The van der Waals surface area contributed by atoms with Gasteiger partial charge in [0.15, 0.2) is 0 Å². The average Bonchev–Trinajstić information content (AvgIpc) is 2.72. The molecule has 19 heavy (non-hydrogen) atoms. The van der Waals surface area contributed by atoms with Crippen molar-refractivity contribution in [3.63, 3.8) is 0 Å². The Hall–Kier alpha value is -1.72. The van der Waals surface area contributed by atoms with E-state index in [9.17, 15) is 18.9 Å². The number of rotatable bonds is 4. The van der Waals surface area contributed by atoms with Crippen LogP contribution in [0.5, 0.6) is 0 Å². The van der Waals surface area contributed by atoms with Crippen LogP contribution in [0.3, 0.4) is 0 Å². The minimum absolute atomic E-state index is 0.0384. The van der Waals surface area contributed by atoms with Crippen LogP contribution in [0.2, 0.25) is 0 Å². The lowest BCUT2D eigenvalue weighted by atomic mass is 9.89. The monoisotopic (exact) mass is 270 g/mol. The van der Waals surface area contributed by atoms with Crippen molar-refractivity contribution in [1.82, 2.24) is 0 Å². The van der Waals surface area contributed by atoms with Crippen molar-refractivity contribution in [3.8, 4) is 0 Å². The highest BCUT2D eigenvalue weighted by molar-refractivity contribution is 5.62. The second-order valence-electron chi connectivity index (χ2n) is 5.41. The topological polar surface area (TPSA) is 55.2 Å². The molecule has 1 N–H and O–H groups in total. The number of nitro benzene ring substituents is 1. The molecule has 1 saturated carbocycles. The smallest absolute Gasteiger partial charge is 0.327 e. The molecule has 0 bridgehead atoms. The first-order chi connectivity index (χ1) is 8.91. The summed E-state index contributed by atoms with van der Waals surface area (Å²) in [4.78, 5) is 10.0. The van der Waals surface area contributed by atoms with Crippen molar-refractivity contribution in [2.24, 2.45) is 5.41 Å². The van der Waals surface area contributed by atoms with E-state index >= 15 is 0 Å². The third-order valence-electron chi connectivity index (χ3n) is 3.73. The zero-order chi connectivity index (χ0) is 14.0. The Morgan fingerprint density at radius 1 is 1.37 bits per heavy atom. The van der Waals surface area contributed by atoms with Crippen molar-refractivity contribution in [2.75, 3.05) is 11.9 Å². The molecule has 0 aliphatic heterocycles. The number of hydrogen-bond donors (Lipinski definition) is 1. The van der Waals surface area contributed by atoms with E-state index in [0.717, 1.165) is 31.7 Å². The Morgan fingerprint density at radius 3 is 2.58 bits per heavy atom. The molecule has 1 aliphatic rings. The van der Waals surface area contributed by atoms with Gasteiger partial charge in [-0.05, 0) is 18.3 Å². The maximum atomic E-state index is 13.4. The van der Waals surface area contributed by atoms with Crippen LogP contribution in [0.1, 0.15) is 32.6 Å². The van der Waals surface area contributed by atoms with Gasteiger partial charge in [0.1, 0.15) is 11.5 Å². The number of nitrogens with zero attached hydrogens (tertiary/aromatic N) is 1. The maximum absolute atomic E-state index is 13.4. The summed E-state index contributed by atoms with van der Waals surface area (Å²) in [6.45, 7) is 2.56. The van der Waals surface area contributed by atoms with Crippen LogP contribution < -0.4 is 5.32 Å². The van der Waals surface area contributed by atoms with Gasteiger partial charge in [0.25, 0.3) is 0 Å². The van der Waals surface area contributed by atoms with Gasteiger partial charge in [-0.2, -0.15) is 4.39 Å². The Kier molecular flexibility index (Phi) is 3.68. The van der Waals surface area contributed by atoms with Crippen LogP contribution in [-0.2, 0) is 0 Å². The van der Waals surface area contributed by atoms with Gasteiger partial charge in [-0.25, -0.2) is 4.39 Å². The number of nitro groups is 1. The van der Waals surface area contributed by atoms with Crippen molar-refractivity contribution < 1.29 is 13.7 Å². The van der Waals surface area contributed by atoms with Gasteiger partial charge in [0.05, 0.1) is 4.92 Å². The van der Waals surface area contributed by atoms with Gasteiger partial charge >= 0.3 is 5.69 Å². The molecule has 1 fully saturated rings. The highest BCUT2D eigenvalue weighted by Crippen LogP contribution is 2.38. The van der Waals surface area contributed by atoms with Crippen molar-refractivity contribution in [1.29, 1.82) is 0 Å². The molecule has 0 atom stereocenters. The van der Waals surface area contributed by atoms with E-state index in [1.165, 1.54) is 0 Å². The van der Waals surface area contributed by atoms with E-state index in [0.29, 0.717) is 12.6 Å². The SMILES string of the molecule is CC1(CNc2cc(F)cc(F)c2[N+](=O)[O-])CCCC1. The molecule has 2 rings (SSSR count). The van der Waals surface area contributed by atoms with E-state index in [4.69, 9.17) is 0 Å². The van der Waals surface area contributed by atoms with Crippen LogP contribution in [0.15, 0.2) is 12.1 Å². The first kappa shape index (κ1) is 13.7. The molecule has 0 radical (unpaired) electrons. The lowest BCUT2D eigenvalue weighted by Crippen LogP contribution is -2.23. The van der Waals surface area contributed by atoms with Gasteiger partial charge < -0.3 is 5.32 Å². The molecule has 0 saturated heterocycles. The summed E-state index contributed by atoms with van der Waals surface area (Å²) in [5.74, 6) is -1.97. The number of anilines is 1. The molecule has 1 aromatic rings. The standard InChI is InChI=1S/C13H16F2N2O2/c1-13(4-2-3-5-13)8-16-11-7-9(14)6-10(15)12(11)17(18)19/h6-7,16H,2-5,8H2,1H3. The number of hydrogen-bond acceptors (Lipinski definition) is 3. The second kappa shape index (κ2) is 5.11. The summed E-state index contributed by atoms with van der Waals surface area (Å²) in [6.07, 6.45) is 4.28. The Morgan fingerprint density at radius 2 is 2.00 bits per heavy atom. The van der Waals surface area contributed by atoms with Crippen molar-refractivity contribution in [2.45, 2.75) is 32.6 Å². The fraction of sp³-hybridized carbons (Fsp3) is 0.538. The van der Waals surface area contributed by atoms with E-state index in [-0.39, 0.29) is 11.1 Å². The molecule has 0 aromatic heterocycles. The Labute approximate surface area is 110 Å². The first-order valence-electron chi connectivity index (χ1n) is 6.29. The summed E-state index contributed by atoms with van der Waals surface area (Å²) in [5, 5.41) is 13.7. The fourth-order valence-corrected chi connectivity index (χ4v) is 2.60. The maximum Gasteiger partial charge on any atom is 0.327 e. The minimum atomic E-state index is -1.15. The molecule has 0 amide bonds. The van der Waals surface area contributed by atoms with Crippen LogP contribution in [0.25, 0.3) is 0 Å². The van der Waals surface area contributed by atoms with Crippen LogP contribution in [-0.4, -0.2) is 11.5 Å². The minimum Gasteiger partial charge on any atom is -0.379 e. The van der Waals surface area contributed by atoms with E-state index in [1.807, 2.05) is 0 Å².